The van der Waals surface area contributed by atoms with Crippen molar-refractivity contribution in [3.63, 3.8) is 0 Å². The third-order valence-corrected chi connectivity index (χ3v) is 4.28. The number of carbonyl (C=O) groups is 2. The SMILES string of the molecule is COc1cc(/C=C/C=C/CCCC(=O)/C=C/[C@@H](C)CNC(=O)OC(C)(C)C)cc(OC)c1. The van der Waals surface area contributed by atoms with E-state index >= 15 is 0 Å². The van der Waals surface area contributed by atoms with Crippen LogP contribution in [0, 0.1) is 5.92 Å². The van der Waals surface area contributed by atoms with Crippen molar-refractivity contribution in [2.75, 3.05) is 20.8 Å². The van der Waals surface area contributed by atoms with E-state index in [1.54, 1.807) is 20.3 Å². The molecule has 176 valence electrons. The van der Waals surface area contributed by atoms with Crippen molar-refractivity contribution in [1.29, 1.82) is 0 Å². The van der Waals surface area contributed by atoms with Crippen molar-refractivity contribution in [2.45, 2.75) is 52.6 Å². The molecule has 0 fully saturated rings. The topological polar surface area (TPSA) is 73.9 Å². The smallest absolute Gasteiger partial charge is 0.407 e. The Labute approximate surface area is 192 Å². The zero-order chi connectivity index (χ0) is 24.0. The van der Waals surface area contributed by atoms with Gasteiger partial charge in [0, 0.05) is 19.0 Å². The Morgan fingerprint density at radius 2 is 1.72 bits per heavy atom. The zero-order valence-corrected chi connectivity index (χ0v) is 20.1. The lowest BCUT2D eigenvalue weighted by Gasteiger charge is -2.20. The summed E-state index contributed by atoms with van der Waals surface area (Å²) < 4.78 is 15.7. The van der Waals surface area contributed by atoms with E-state index in [4.69, 9.17) is 14.2 Å². The van der Waals surface area contributed by atoms with E-state index in [0.717, 1.165) is 29.9 Å². The van der Waals surface area contributed by atoms with Gasteiger partial charge in [-0.05, 0) is 63.3 Å². The van der Waals surface area contributed by atoms with Gasteiger partial charge in [0.1, 0.15) is 17.1 Å². The summed E-state index contributed by atoms with van der Waals surface area (Å²) in [7, 11) is 3.25. The second-order valence-corrected chi connectivity index (χ2v) is 8.51. The number of alkyl carbamates (subject to hydrolysis) is 1. The molecule has 0 unspecified atom stereocenters. The summed E-state index contributed by atoms with van der Waals surface area (Å²) in [6.07, 6.45) is 13.0. The molecule has 0 aromatic heterocycles. The van der Waals surface area contributed by atoms with Crippen LogP contribution in [-0.4, -0.2) is 38.2 Å². The predicted molar refractivity (Wildman–Crippen MR) is 129 cm³/mol. The Balaban J connectivity index is 2.29. The number of allylic oxidation sites excluding steroid dienone is 4. The monoisotopic (exact) mass is 443 g/mol. The predicted octanol–water partition coefficient (Wildman–Crippen LogP) is 5.73. The van der Waals surface area contributed by atoms with Crippen molar-refractivity contribution in [3.05, 3.63) is 54.1 Å². The molecule has 1 amide bonds. The molecule has 0 radical (unpaired) electrons. The highest BCUT2D eigenvalue weighted by atomic mass is 16.6. The van der Waals surface area contributed by atoms with E-state index in [0.29, 0.717) is 13.0 Å². The number of hydrogen-bond acceptors (Lipinski definition) is 5. The molecule has 0 aliphatic carbocycles. The highest BCUT2D eigenvalue weighted by Crippen LogP contribution is 2.23. The van der Waals surface area contributed by atoms with Gasteiger partial charge >= 0.3 is 6.09 Å². The maximum atomic E-state index is 12.0. The van der Waals surface area contributed by atoms with Crippen LogP contribution < -0.4 is 14.8 Å². The van der Waals surface area contributed by atoms with E-state index in [9.17, 15) is 9.59 Å². The van der Waals surface area contributed by atoms with Gasteiger partial charge in [0.05, 0.1) is 14.2 Å². The molecule has 32 heavy (non-hydrogen) atoms. The Morgan fingerprint density at radius 3 is 2.31 bits per heavy atom. The normalized spacial score (nSPS) is 12.9. The molecule has 1 rings (SSSR count). The number of ether oxygens (including phenoxy) is 3. The fourth-order valence-electron chi connectivity index (χ4n) is 2.64. The first-order valence-corrected chi connectivity index (χ1v) is 10.9. The second-order valence-electron chi connectivity index (χ2n) is 8.51. The molecule has 1 aromatic carbocycles. The van der Waals surface area contributed by atoms with Crippen LogP contribution in [0.4, 0.5) is 4.79 Å². The van der Waals surface area contributed by atoms with Crippen LogP contribution >= 0.6 is 0 Å². The molecule has 0 saturated heterocycles. The molecule has 0 bridgehead atoms. The minimum atomic E-state index is -0.522. The summed E-state index contributed by atoms with van der Waals surface area (Å²) in [5.74, 6) is 1.62. The fourth-order valence-corrected chi connectivity index (χ4v) is 2.64. The molecule has 0 aliphatic heterocycles. The van der Waals surface area contributed by atoms with Gasteiger partial charge in [-0.2, -0.15) is 0 Å². The Kier molecular flexibility index (Phi) is 11.9. The van der Waals surface area contributed by atoms with Crippen LogP contribution in [0.2, 0.25) is 0 Å². The highest BCUT2D eigenvalue weighted by molar-refractivity contribution is 5.89. The van der Waals surface area contributed by atoms with E-state index in [2.05, 4.69) is 5.32 Å². The maximum absolute atomic E-state index is 12.0. The number of carbonyl (C=O) groups excluding carboxylic acids is 2. The minimum Gasteiger partial charge on any atom is -0.497 e. The Bertz CT molecular complexity index is 796. The molecular weight excluding hydrogens is 406 g/mol. The van der Waals surface area contributed by atoms with Crippen LogP contribution in [0.5, 0.6) is 11.5 Å². The second kappa shape index (κ2) is 14.1. The number of amides is 1. The van der Waals surface area contributed by atoms with Crippen molar-refractivity contribution >= 4 is 18.0 Å². The van der Waals surface area contributed by atoms with Gasteiger partial charge in [0.25, 0.3) is 0 Å². The lowest BCUT2D eigenvalue weighted by Crippen LogP contribution is -2.34. The van der Waals surface area contributed by atoms with Crippen LogP contribution in [0.1, 0.15) is 52.5 Å². The molecular formula is C26H37NO5. The van der Waals surface area contributed by atoms with Gasteiger partial charge in [-0.25, -0.2) is 4.79 Å². The third kappa shape index (κ3) is 12.6. The fraction of sp³-hybridized carbons (Fsp3) is 0.462. The van der Waals surface area contributed by atoms with E-state index in [1.165, 1.54) is 0 Å². The molecule has 0 aliphatic rings. The van der Waals surface area contributed by atoms with Gasteiger partial charge in [0.15, 0.2) is 5.78 Å². The van der Waals surface area contributed by atoms with Crippen molar-refractivity contribution in [2.24, 2.45) is 5.92 Å². The van der Waals surface area contributed by atoms with Crippen LogP contribution in [0.15, 0.2) is 48.6 Å². The first kappa shape index (κ1) is 27.0. The highest BCUT2D eigenvalue weighted by Gasteiger charge is 2.16. The van der Waals surface area contributed by atoms with Crippen LogP contribution in [0.3, 0.4) is 0 Å². The van der Waals surface area contributed by atoms with Crippen molar-refractivity contribution in [1.82, 2.24) is 5.32 Å². The summed E-state index contributed by atoms with van der Waals surface area (Å²) in [6, 6.07) is 5.70. The largest absolute Gasteiger partial charge is 0.497 e. The Morgan fingerprint density at radius 1 is 1.06 bits per heavy atom. The summed E-state index contributed by atoms with van der Waals surface area (Å²) in [5, 5.41) is 2.71. The first-order valence-electron chi connectivity index (χ1n) is 10.9. The number of methoxy groups -OCH3 is 2. The number of unbranched alkanes of at least 4 members (excludes halogenated alkanes) is 1. The van der Waals surface area contributed by atoms with Gasteiger partial charge < -0.3 is 19.5 Å². The molecule has 0 heterocycles. The van der Waals surface area contributed by atoms with Crippen LogP contribution in [0.25, 0.3) is 6.08 Å². The average Bonchev–Trinajstić information content (AvgIpc) is 2.74. The summed E-state index contributed by atoms with van der Waals surface area (Å²) in [4.78, 5) is 23.6. The maximum Gasteiger partial charge on any atom is 0.407 e. The molecule has 1 atom stereocenters. The zero-order valence-electron chi connectivity index (χ0n) is 20.1. The van der Waals surface area contributed by atoms with Gasteiger partial charge in [-0.1, -0.05) is 37.3 Å². The van der Waals surface area contributed by atoms with E-state index in [1.807, 2.05) is 76.3 Å². The molecule has 0 spiro atoms. The lowest BCUT2D eigenvalue weighted by atomic mass is 10.1. The number of rotatable bonds is 12. The number of benzene rings is 1. The molecule has 1 aromatic rings. The summed E-state index contributed by atoms with van der Waals surface area (Å²) in [6.45, 7) is 7.82. The molecule has 0 saturated carbocycles. The number of nitrogens with one attached hydrogen (secondary N) is 1. The van der Waals surface area contributed by atoms with Gasteiger partial charge in [0.2, 0.25) is 0 Å². The summed E-state index contributed by atoms with van der Waals surface area (Å²) in [5.41, 5.74) is 0.466. The first-order chi connectivity index (χ1) is 15.1. The van der Waals surface area contributed by atoms with Crippen LogP contribution in [-0.2, 0) is 9.53 Å². The Hall–Kier alpha value is -3.02. The quantitative estimate of drug-likeness (QED) is 0.254. The molecule has 1 N–H and O–H groups in total. The molecule has 6 heteroatoms. The van der Waals surface area contributed by atoms with Gasteiger partial charge in [-0.15, -0.1) is 0 Å². The third-order valence-electron chi connectivity index (χ3n) is 4.28. The summed E-state index contributed by atoms with van der Waals surface area (Å²) >= 11 is 0. The van der Waals surface area contributed by atoms with E-state index < -0.39 is 11.7 Å². The lowest BCUT2D eigenvalue weighted by molar-refractivity contribution is -0.114. The minimum absolute atomic E-state index is 0.0479. The molecule has 6 nitrogen and oxygen atoms in total. The van der Waals surface area contributed by atoms with E-state index in [-0.39, 0.29) is 11.7 Å². The van der Waals surface area contributed by atoms with Crippen molar-refractivity contribution < 1.29 is 23.8 Å². The van der Waals surface area contributed by atoms with Gasteiger partial charge in [-0.3, -0.25) is 4.79 Å². The number of hydrogen-bond donors (Lipinski definition) is 1. The average molecular weight is 444 g/mol. The number of ketones is 1. The standard InChI is InChI=1S/C26H37NO5/c1-20(19-27-25(29)32-26(2,3)4)14-15-22(28)13-11-9-7-8-10-12-21-16-23(30-5)18-24(17-21)31-6/h7-8,10,12,14-18,20H,9,11,13,19H2,1-6H3,(H,27,29)/b8-7+,12-10+,15-14+/t20-/m1/s1. The van der Waals surface area contributed by atoms with Crippen molar-refractivity contribution in [3.8, 4) is 11.5 Å².